The molecule has 6 nitrogen and oxygen atoms in total. The number of thiazole rings is 1. The number of fused-ring (bicyclic) bond motifs is 1. The fourth-order valence-electron chi connectivity index (χ4n) is 1.70. The Kier molecular flexibility index (Phi) is 3.81. The van der Waals surface area contributed by atoms with Gasteiger partial charge < -0.3 is 10.5 Å². The third-order valence-electron chi connectivity index (χ3n) is 2.67. The summed E-state index contributed by atoms with van der Waals surface area (Å²) < 4.78 is 5.03. The molecule has 2 amide bonds. The maximum atomic E-state index is 12.0. The molecule has 0 saturated heterocycles. The number of nitrogen functional groups attached to an aromatic ring is 1. The molecule has 2 rings (SSSR count). The van der Waals surface area contributed by atoms with E-state index in [4.69, 9.17) is 10.5 Å². The quantitative estimate of drug-likeness (QED) is 0.843. The molecule has 1 aromatic heterocycles. The normalized spacial score (nSPS) is 14.5. The van der Waals surface area contributed by atoms with Crippen molar-refractivity contribution in [3.63, 3.8) is 0 Å². The number of unbranched alkanes of at least 4 members (excludes halogenated alkanes) is 1. The molecule has 1 aromatic rings. The Morgan fingerprint density at radius 2 is 2.39 bits per heavy atom. The Bertz CT molecular complexity index is 472. The molecule has 0 radical (unpaired) electrons. The predicted octanol–water partition coefficient (Wildman–Crippen LogP) is 1.66. The monoisotopic (exact) mass is 269 g/mol. The van der Waals surface area contributed by atoms with Gasteiger partial charge in [0, 0.05) is 13.0 Å². The number of ether oxygens (including phenoxy) is 1. The number of carbonyl (C=O) groups excluding carboxylic acids is 2. The van der Waals surface area contributed by atoms with Crippen LogP contribution in [0.3, 0.4) is 0 Å². The lowest BCUT2D eigenvalue weighted by atomic mass is 10.2. The second kappa shape index (κ2) is 5.34. The largest absolute Gasteiger partial charge is 0.449 e. The number of carbonyl (C=O) groups is 2. The van der Waals surface area contributed by atoms with Crippen molar-refractivity contribution in [2.45, 2.75) is 26.2 Å². The first-order valence-electron chi connectivity index (χ1n) is 5.87. The van der Waals surface area contributed by atoms with Gasteiger partial charge in [-0.1, -0.05) is 24.7 Å². The highest BCUT2D eigenvalue weighted by Crippen LogP contribution is 2.26. The van der Waals surface area contributed by atoms with Gasteiger partial charge in [-0.3, -0.25) is 4.79 Å². The van der Waals surface area contributed by atoms with Crippen LogP contribution in [0, 0.1) is 0 Å². The van der Waals surface area contributed by atoms with Gasteiger partial charge in [-0.05, 0) is 6.42 Å². The van der Waals surface area contributed by atoms with Crippen LogP contribution in [-0.2, 0) is 11.2 Å². The number of rotatable bonds is 3. The summed E-state index contributed by atoms with van der Waals surface area (Å²) in [7, 11) is 0. The molecule has 98 valence electrons. The van der Waals surface area contributed by atoms with E-state index in [1.54, 1.807) is 0 Å². The molecule has 7 heteroatoms. The van der Waals surface area contributed by atoms with Crippen LogP contribution >= 0.6 is 11.3 Å². The Balaban J connectivity index is 2.04. The highest BCUT2D eigenvalue weighted by Gasteiger charge is 2.32. The minimum Gasteiger partial charge on any atom is -0.449 e. The Labute approximate surface area is 109 Å². The Morgan fingerprint density at radius 1 is 1.61 bits per heavy atom. The van der Waals surface area contributed by atoms with E-state index in [0.717, 1.165) is 29.1 Å². The van der Waals surface area contributed by atoms with E-state index in [2.05, 4.69) is 4.98 Å². The summed E-state index contributed by atoms with van der Waals surface area (Å²) in [6.07, 6.45) is 1.70. The van der Waals surface area contributed by atoms with Gasteiger partial charge in [0.25, 0.3) is 5.91 Å². The molecular weight excluding hydrogens is 254 g/mol. The SMILES string of the molecule is CCCCOC(=O)N1CCc2nc(N)sc2C1=O. The van der Waals surface area contributed by atoms with Gasteiger partial charge in [0.2, 0.25) is 0 Å². The molecule has 18 heavy (non-hydrogen) atoms. The lowest BCUT2D eigenvalue weighted by Crippen LogP contribution is -2.41. The van der Waals surface area contributed by atoms with Gasteiger partial charge in [-0.2, -0.15) is 0 Å². The van der Waals surface area contributed by atoms with Crippen molar-refractivity contribution in [3.05, 3.63) is 10.6 Å². The van der Waals surface area contributed by atoms with Crippen LogP contribution in [0.4, 0.5) is 9.93 Å². The number of amides is 2. The zero-order valence-corrected chi connectivity index (χ0v) is 11.0. The third kappa shape index (κ3) is 2.45. The summed E-state index contributed by atoms with van der Waals surface area (Å²) in [5.74, 6) is -0.355. The smallest absolute Gasteiger partial charge is 0.416 e. The molecule has 0 aliphatic carbocycles. The highest BCUT2D eigenvalue weighted by molar-refractivity contribution is 7.17. The van der Waals surface area contributed by atoms with Gasteiger partial charge in [0.05, 0.1) is 12.3 Å². The first-order chi connectivity index (χ1) is 8.63. The van der Waals surface area contributed by atoms with Gasteiger partial charge in [0.1, 0.15) is 4.88 Å². The maximum Gasteiger partial charge on any atom is 0.416 e. The number of nitrogens with two attached hydrogens (primary N) is 1. The maximum absolute atomic E-state index is 12.0. The van der Waals surface area contributed by atoms with Crippen LogP contribution < -0.4 is 5.73 Å². The molecule has 0 unspecified atom stereocenters. The lowest BCUT2D eigenvalue weighted by molar-refractivity contribution is 0.0646. The van der Waals surface area contributed by atoms with Gasteiger partial charge in [-0.15, -0.1) is 0 Å². The van der Waals surface area contributed by atoms with E-state index in [9.17, 15) is 9.59 Å². The molecule has 0 atom stereocenters. The molecule has 2 N–H and O–H groups in total. The zero-order valence-electron chi connectivity index (χ0n) is 10.1. The molecule has 2 heterocycles. The highest BCUT2D eigenvalue weighted by atomic mass is 32.1. The first kappa shape index (κ1) is 12.8. The van der Waals surface area contributed by atoms with E-state index < -0.39 is 6.09 Å². The molecule has 0 fully saturated rings. The second-order valence-electron chi connectivity index (χ2n) is 4.00. The third-order valence-corrected chi connectivity index (χ3v) is 3.58. The molecule has 1 aliphatic heterocycles. The van der Waals surface area contributed by atoms with Crippen molar-refractivity contribution in [2.24, 2.45) is 0 Å². The number of imide groups is 1. The van der Waals surface area contributed by atoms with Crippen molar-refractivity contribution in [2.75, 3.05) is 18.9 Å². The average molecular weight is 269 g/mol. The van der Waals surface area contributed by atoms with Crippen LogP contribution in [0.2, 0.25) is 0 Å². The van der Waals surface area contributed by atoms with E-state index >= 15 is 0 Å². The summed E-state index contributed by atoms with van der Waals surface area (Å²) in [5, 5.41) is 0.356. The molecular formula is C11H15N3O3S. The molecule has 0 aromatic carbocycles. The van der Waals surface area contributed by atoms with Crippen molar-refractivity contribution < 1.29 is 14.3 Å². The fraction of sp³-hybridized carbons (Fsp3) is 0.545. The van der Waals surface area contributed by atoms with E-state index in [1.807, 2.05) is 6.92 Å². The molecule has 0 spiro atoms. The van der Waals surface area contributed by atoms with Crippen molar-refractivity contribution in [3.8, 4) is 0 Å². The van der Waals surface area contributed by atoms with E-state index in [-0.39, 0.29) is 5.91 Å². The van der Waals surface area contributed by atoms with Gasteiger partial charge in [-0.25, -0.2) is 14.7 Å². The van der Waals surface area contributed by atoms with Crippen molar-refractivity contribution in [1.82, 2.24) is 9.88 Å². The summed E-state index contributed by atoms with van der Waals surface area (Å²) in [5.41, 5.74) is 6.24. The minimum absolute atomic E-state index is 0.306. The summed E-state index contributed by atoms with van der Waals surface area (Å²) in [6, 6.07) is 0. The lowest BCUT2D eigenvalue weighted by Gasteiger charge is -2.23. The minimum atomic E-state index is -0.578. The van der Waals surface area contributed by atoms with Crippen LogP contribution in [0.15, 0.2) is 0 Å². The summed E-state index contributed by atoms with van der Waals surface area (Å²) in [6.45, 7) is 2.66. The van der Waals surface area contributed by atoms with Crippen molar-refractivity contribution >= 4 is 28.5 Å². The number of hydrogen-bond donors (Lipinski definition) is 1. The zero-order chi connectivity index (χ0) is 13.1. The number of anilines is 1. The van der Waals surface area contributed by atoms with Crippen molar-refractivity contribution in [1.29, 1.82) is 0 Å². The van der Waals surface area contributed by atoms with E-state index in [1.165, 1.54) is 0 Å². The van der Waals surface area contributed by atoms with Gasteiger partial charge >= 0.3 is 6.09 Å². The predicted molar refractivity (Wildman–Crippen MR) is 67.5 cm³/mol. The molecule has 1 aliphatic rings. The number of hydrogen-bond acceptors (Lipinski definition) is 6. The Hall–Kier alpha value is -1.63. The number of nitrogens with zero attached hydrogens (tertiary/aromatic N) is 2. The summed E-state index contributed by atoms with van der Waals surface area (Å²) in [4.78, 5) is 29.4. The molecule has 0 saturated carbocycles. The fourth-order valence-corrected chi connectivity index (χ4v) is 2.53. The topological polar surface area (TPSA) is 85.5 Å². The van der Waals surface area contributed by atoms with E-state index in [0.29, 0.717) is 35.3 Å². The average Bonchev–Trinajstić information content (AvgIpc) is 2.71. The van der Waals surface area contributed by atoms with Crippen LogP contribution in [0.5, 0.6) is 0 Å². The van der Waals surface area contributed by atoms with Crippen LogP contribution in [0.25, 0.3) is 0 Å². The summed E-state index contributed by atoms with van der Waals surface area (Å²) >= 11 is 1.12. The van der Waals surface area contributed by atoms with Gasteiger partial charge in [0.15, 0.2) is 5.13 Å². The molecule has 0 bridgehead atoms. The van der Waals surface area contributed by atoms with Crippen LogP contribution in [-0.4, -0.2) is 35.0 Å². The van der Waals surface area contributed by atoms with Crippen LogP contribution in [0.1, 0.15) is 35.1 Å². The Morgan fingerprint density at radius 3 is 3.11 bits per heavy atom. The standard InChI is InChI=1S/C11H15N3O3S/c1-2-3-6-17-11(16)14-5-4-7-8(9(14)15)18-10(12)13-7/h2-6H2,1H3,(H2,12,13). The number of aromatic nitrogens is 1. The second-order valence-corrected chi connectivity index (χ2v) is 5.03. The first-order valence-corrected chi connectivity index (χ1v) is 6.69.